The lowest BCUT2D eigenvalue weighted by atomic mass is 10.0. The van der Waals surface area contributed by atoms with Crippen LogP contribution in [0.5, 0.6) is 0 Å². The monoisotopic (exact) mass is 474 g/mol. The van der Waals surface area contributed by atoms with Crippen LogP contribution in [-0.4, -0.2) is 75.1 Å². The third kappa shape index (κ3) is 11.8. The van der Waals surface area contributed by atoms with Crippen LogP contribution in [-0.2, 0) is 28.8 Å². The number of aliphatic carboxylic acids is 3. The molecule has 3 amide bonds. The topological polar surface area (TPSA) is 225 Å². The van der Waals surface area contributed by atoms with Gasteiger partial charge in [0.1, 0.15) is 18.1 Å². The van der Waals surface area contributed by atoms with Crippen LogP contribution in [0.4, 0.5) is 0 Å². The molecular formula is C20H34N4O9. The Labute approximate surface area is 191 Å². The first-order chi connectivity index (χ1) is 15.1. The number of carboxylic acids is 3. The van der Waals surface area contributed by atoms with Gasteiger partial charge in [-0.25, -0.2) is 4.79 Å². The van der Waals surface area contributed by atoms with E-state index in [9.17, 15) is 33.9 Å². The van der Waals surface area contributed by atoms with Crippen molar-refractivity contribution >= 4 is 35.6 Å². The van der Waals surface area contributed by atoms with Crippen molar-refractivity contribution in [2.24, 2.45) is 17.6 Å². The highest BCUT2D eigenvalue weighted by Crippen LogP contribution is 2.09. The summed E-state index contributed by atoms with van der Waals surface area (Å²) >= 11 is 0. The smallest absolute Gasteiger partial charge is 0.326 e. The molecular weight excluding hydrogens is 440 g/mol. The van der Waals surface area contributed by atoms with Gasteiger partial charge in [0.15, 0.2) is 0 Å². The van der Waals surface area contributed by atoms with Crippen molar-refractivity contribution in [2.75, 3.05) is 0 Å². The molecule has 0 fully saturated rings. The maximum absolute atomic E-state index is 12.8. The second-order valence-corrected chi connectivity index (χ2v) is 8.46. The molecule has 0 bridgehead atoms. The molecule has 0 spiro atoms. The summed E-state index contributed by atoms with van der Waals surface area (Å²) in [6, 6.07) is -5.23. The molecule has 0 aliphatic rings. The molecule has 0 rings (SSSR count). The fourth-order valence-electron chi connectivity index (χ4n) is 2.84. The average Bonchev–Trinajstić information content (AvgIpc) is 2.66. The van der Waals surface area contributed by atoms with Crippen LogP contribution in [0.1, 0.15) is 53.4 Å². The maximum atomic E-state index is 12.8. The Kier molecular flexibility index (Phi) is 12.7. The largest absolute Gasteiger partial charge is 0.481 e. The molecule has 13 heteroatoms. The molecule has 0 aromatic heterocycles. The number of carbonyl (C=O) groups is 6. The quantitative estimate of drug-likeness (QED) is 0.151. The summed E-state index contributed by atoms with van der Waals surface area (Å²) in [5.41, 5.74) is 5.51. The van der Waals surface area contributed by atoms with Crippen molar-refractivity contribution in [3.63, 3.8) is 0 Å². The minimum absolute atomic E-state index is 0.0611. The molecule has 0 unspecified atom stereocenters. The van der Waals surface area contributed by atoms with Gasteiger partial charge in [0.2, 0.25) is 17.7 Å². The van der Waals surface area contributed by atoms with E-state index in [1.54, 1.807) is 27.7 Å². The molecule has 33 heavy (non-hydrogen) atoms. The molecule has 0 saturated carbocycles. The Hall–Kier alpha value is -3.22. The highest BCUT2D eigenvalue weighted by Gasteiger charge is 2.32. The maximum Gasteiger partial charge on any atom is 0.326 e. The second kappa shape index (κ2) is 14.0. The number of carbonyl (C=O) groups excluding carboxylic acids is 3. The molecule has 0 aliphatic heterocycles. The highest BCUT2D eigenvalue weighted by atomic mass is 16.4. The molecule has 4 atom stereocenters. The Morgan fingerprint density at radius 1 is 0.758 bits per heavy atom. The predicted molar refractivity (Wildman–Crippen MR) is 115 cm³/mol. The number of hydrogen-bond acceptors (Lipinski definition) is 7. The van der Waals surface area contributed by atoms with Crippen LogP contribution in [0.2, 0.25) is 0 Å². The van der Waals surface area contributed by atoms with Crippen LogP contribution in [0.25, 0.3) is 0 Å². The van der Waals surface area contributed by atoms with Crippen molar-refractivity contribution in [1.29, 1.82) is 0 Å². The van der Waals surface area contributed by atoms with E-state index in [1.165, 1.54) is 0 Å². The molecule has 0 saturated heterocycles. The fraction of sp³-hybridized carbons (Fsp3) is 0.700. The van der Waals surface area contributed by atoms with Gasteiger partial charge < -0.3 is 37.0 Å². The molecule has 8 N–H and O–H groups in total. The molecule has 188 valence electrons. The number of rotatable bonds is 15. The SMILES string of the molecule is CC(C)C[C@H](NC(=O)[C@H](CCC(=O)O)NC(=O)[C@@H](NC(=O)[C@@H](N)CC(=O)O)C(C)C)C(=O)O. The highest BCUT2D eigenvalue weighted by molar-refractivity contribution is 5.95. The molecule has 0 heterocycles. The minimum atomic E-state index is -1.41. The van der Waals surface area contributed by atoms with Crippen molar-refractivity contribution in [2.45, 2.75) is 77.5 Å². The van der Waals surface area contributed by atoms with Gasteiger partial charge in [-0.3, -0.25) is 24.0 Å². The zero-order chi connectivity index (χ0) is 25.9. The Balaban J connectivity index is 5.52. The Morgan fingerprint density at radius 3 is 1.73 bits per heavy atom. The normalized spacial score (nSPS) is 14.6. The van der Waals surface area contributed by atoms with Crippen LogP contribution in [0.15, 0.2) is 0 Å². The summed E-state index contributed by atoms with van der Waals surface area (Å²) in [4.78, 5) is 70.8. The lowest BCUT2D eigenvalue weighted by Crippen LogP contribution is -2.58. The molecule has 13 nitrogen and oxygen atoms in total. The van der Waals surface area contributed by atoms with Crippen LogP contribution < -0.4 is 21.7 Å². The minimum Gasteiger partial charge on any atom is -0.481 e. The van der Waals surface area contributed by atoms with Gasteiger partial charge in [-0.1, -0.05) is 27.7 Å². The van der Waals surface area contributed by atoms with Gasteiger partial charge in [-0.05, 0) is 24.7 Å². The van der Waals surface area contributed by atoms with Gasteiger partial charge in [0.05, 0.1) is 12.5 Å². The number of hydrogen-bond donors (Lipinski definition) is 7. The molecule has 0 radical (unpaired) electrons. The van der Waals surface area contributed by atoms with E-state index in [4.69, 9.17) is 15.9 Å². The average molecular weight is 475 g/mol. The number of nitrogens with two attached hydrogens (primary N) is 1. The summed E-state index contributed by atoms with van der Waals surface area (Å²) < 4.78 is 0. The van der Waals surface area contributed by atoms with Gasteiger partial charge in [0, 0.05) is 6.42 Å². The predicted octanol–water partition coefficient (Wildman–Crippen LogP) is -1.11. The summed E-state index contributed by atoms with van der Waals surface area (Å²) in [5, 5.41) is 34.0. The third-order valence-electron chi connectivity index (χ3n) is 4.58. The van der Waals surface area contributed by atoms with E-state index in [-0.39, 0.29) is 18.8 Å². The van der Waals surface area contributed by atoms with Crippen molar-refractivity contribution in [1.82, 2.24) is 16.0 Å². The van der Waals surface area contributed by atoms with Crippen LogP contribution >= 0.6 is 0 Å². The van der Waals surface area contributed by atoms with E-state index in [0.29, 0.717) is 0 Å². The molecule has 0 aromatic rings. The van der Waals surface area contributed by atoms with Crippen molar-refractivity contribution in [3.8, 4) is 0 Å². The van der Waals surface area contributed by atoms with E-state index >= 15 is 0 Å². The van der Waals surface area contributed by atoms with E-state index < -0.39 is 78.6 Å². The standard InChI is InChI=1S/C20H34N4O9/c1-9(2)7-13(20(32)33)23-18(30)12(5-6-14(25)26)22-19(31)16(10(3)4)24-17(29)11(21)8-15(27)28/h9-13,16H,5-8,21H2,1-4H3,(H,22,31)(H,23,30)(H,24,29)(H,25,26)(H,27,28)(H,32,33)/t11-,12-,13-,16-/m0/s1. The van der Waals surface area contributed by atoms with Crippen molar-refractivity contribution in [3.05, 3.63) is 0 Å². The summed E-state index contributed by atoms with van der Waals surface area (Å²) in [5.74, 6) is -6.97. The first kappa shape index (κ1) is 29.8. The summed E-state index contributed by atoms with van der Waals surface area (Å²) in [7, 11) is 0. The summed E-state index contributed by atoms with van der Waals surface area (Å²) in [6.07, 6.45) is -1.35. The summed E-state index contributed by atoms with van der Waals surface area (Å²) in [6.45, 7) is 6.69. The Bertz CT molecular complexity index is 739. The van der Waals surface area contributed by atoms with Gasteiger partial charge in [-0.2, -0.15) is 0 Å². The van der Waals surface area contributed by atoms with Gasteiger partial charge in [-0.15, -0.1) is 0 Å². The lowest BCUT2D eigenvalue weighted by Gasteiger charge is -2.27. The first-order valence-electron chi connectivity index (χ1n) is 10.5. The zero-order valence-corrected chi connectivity index (χ0v) is 19.2. The third-order valence-corrected chi connectivity index (χ3v) is 4.58. The van der Waals surface area contributed by atoms with E-state index in [1.807, 2.05) is 0 Å². The number of nitrogens with one attached hydrogen (secondary N) is 3. The van der Waals surface area contributed by atoms with Gasteiger partial charge in [0.25, 0.3) is 0 Å². The Morgan fingerprint density at radius 2 is 1.30 bits per heavy atom. The van der Waals surface area contributed by atoms with Crippen molar-refractivity contribution < 1.29 is 44.1 Å². The lowest BCUT2D eigenvalue weighted by molar-refractivity contribution is -0.143. The van der Waals surface area contributed by atoms with E-state index in [2.05, 4.69) is 16.0 Å². The van der Waals surface area contributed by atoms with Crippen LogP contribution in [0.3, 0.4) is 0 Å². The molecule has 0 aliphatic carbocycles. The first-order valence-corrected chi connectivity index (χ1v) is 10.5. The van der Waals surface area contributed by atoms with Gasteiger partial charge >= 0.3 is 17.9 Å². The number of amides is 3. The second-order valence-electron chi connectivity index (χ2n) is 8.46. The number of carboxylic acid groups (broad SMARTS) is 3. The van der Waals surface area contributed by atoms with Crippen LogP contribution in [0, 0.1) is 11.8 Å². The molecule has 0 aromatic carbocycles. The van der Waals surface area contributed by atoms with E-state index in [0.717, 1.165) is 0 Å². The zero-order valence-electron chi connectivity index (χ0n) is 19.2. The fourth-order valence-corrected chi connectivity index (χ4v) is 2.84.